The van der Waals surface area contributed by atoms with Crippen molar-refractivity contribution in [2.75, 3.05) is 49.8 Å². The number of likely N-dealkylation sites (N-methyl/N-ethyl adjacent to an activating group) is 1. The Kier molecular flexibility index (Phi) is 4.69. The number of benzene rings is 1. The molecule has 7 nitrogen and oxygen atoms in total. The summed E-state index contributed by atoms with van der Waals surface area (Å²) < 4.78 is 31.3. The molecule has 0 bridgehead atoms. The van der Waals surface area contributed by atoms with Gasteiger partial charge in [0, 0.05) is 26.2 Å². The number of rotatable bonds is 3. The SMILES string of the molecule is CCN1CCN(C(=O)[C@@H]2CN(S(C)(=O)=O)c3ccccc3O2)CC1. The highest BCUT2D eigenvalue weighted by Crippen LogP contribution is 2.34. The van der Waals surface area contributed by atoms with E-state index in [0.717, 1.165) is 25.9 Å². The molecule has 1 aromatic rings. The van der Waals surface area contributed by atoms with E-state index in [0.29, 0.717) is 24.5 Å². The predicted molar refractivity (Wildman–Crippen MR) is 91.7 cm³/mol. The van der Waals surface area contributed by atoms with Crippen LogP contribution < -0.4 is 9.04 Å². The summed E-state index contributed by atoms with van der Waals surface area (Å²) in [4.78, 5) is 16.8. The highest BCUT2D eigenvalue weighted by Gasteiger charge is 2.37. The zero-order valence-electron chi connectivity index (χ0n) is 14.0. The van der Waals surface area contributed by atoms with Gasteiger partial charge in [0.2, 0.25) is 10.0 Å². The van der Waals surface area contributed by atoms with Crippen LogP contribution in [-0.2, 0) is 14.8 Å². The molecule has 1 aromatic carbocycles. The molecule has 1 saturated heterocycles. The summed E-state index contributed by atoms with van der Waals surface area (Å²) in [7, 11) is -3.47. The maximum atomic E-state index is 12.8. The topological polar surface area (TPSA) is 70.2 Å². The van der Waals surface area contributed by atoms with E-state index >= 15 is 0 Å². The third kappa shape index (κ3) is 3.34. The van der Waals surface area contributed by atoms with Gasteiger partial charge in [-0.15, -0.1) is 0 Å². The van der Waals surface area contributed by atoms with Crippen LogP contribution in [0.4, 0.5) is 5.69 Å². The number of hydrogen-bond acceptors (Lipinski definition) is 5. The number of fused-ring (bicyclic) bond motifs is 1. The van der Waals surface area contributed by atoms with Crippen molar-refractivity contribution in [2.24, 2.45) is 0 Å². The Bertz CT molecular complexity index is 714. The summed E-state index contributed by atoms with van der Waals surface area (Å²) in [5.74, 6) is 0.286. The minimum atomic E-state index is -3.47. The largest absolute Gasteiger partial charge is 0.476 e. The number of anilines is 1. The molecule has 0 spiro atoms. The Morgan fingerprint density at radius 1 is 1.21 bits per heavy atom. The molecular weight excluding hydrogens is 330 g/mol. The van der Waals surface area contributed by atoms with Crippen LogP contribution in [-0.4, -0.2) is 75.8 Å². The maximum Gasteiger partial charge on any atom is 0.265 e. The van der Waals surface area contributed by atoms with Crippen LogP contribution in [0.1, 0.15) is 6.92 Å². The van der Waals surface area contributed by atoms with Gasteiger partial charge in [0.25, 0.3) is 5.91 Å². The number of carbonyl (C=O) groups is 1. The fourth-order valence-corrected chi connectivity index (χ4v) is 4.05. The summed E-state index contributed by atoms with van der Waals surface area (Å²) in [6, 6.07) is 6.91. The van der Waals surface area contributed by atoms with E-state index in [2.05, 4.69) is 11.8 Å². The van der Waals surface area contributed by atoms with Gasteiger partial charge in [-0.05, 0) is 18.7 Å². The van der Waals surface area contributed by atoms with E-state index in [1.165, 1.54) is 4.31 Å². The molecule has 132 valence electrons. The van der Waals surface area contributed by atoms with Crippen molar-refractivity contribution in [3.8, 4) is 5.75 Å². The average Bonchev–Trinajstić information content (AvgIpc) is 2.59. The number of nitrogens with zero attached hydrogens (tertiary/aromatic N) is 3. The number of amides is 1. The van der Waals surface area contributed by atoms with Crippen LogP contribution in [0.5, 0.6) is 5.75 Å². The van der Waals surface area contributed by atoms with Crippen LogP contribution in [0.25, 0.3) is 0 Å². The molecule has 1 amide bonds. The van der Waals surface area contributed by atoms with Crippen LogP contribution in [0.2, 0.25) is 0 Å². The second-order valence-corrected chi connectivity index (χ2v) is 8.03. The summed E-state index contributed by atoms with van der Waals surface area (Å²) >= 11 is 0. The van der Waals surface area contributed by atoms with Gasteiger partial charge in [-0.2, -0.15) is 0 Å². The van der Waals surface area contributed by atoms with Gasteiger partial charge < -0.3 is 14.5 Å². The van der Waals surface area contributed by atoms with E-state index < -0.39 is 16.1 Å². The van der Waals surface area contributed by atoms with E-state index in [1.807, 2.05) is 0 Å². The van der Waals surface area contributed by atoms with Gasteiger partial charge in [0.1, 0.15) is 5.75 Å². The fourth-order valence-electron chi connectivity index (χ4n) is 3.13. The summed E-state index contributed by atoms with van der Waals surface area (Å²) in [6.07, 6.45) is 0.346. The second kappa shape index (κ2) is 6.60. The number of ether oxygens (including phenoxy) is 1. The maximum absolute atomic E-state index is 12.8. The standard InChI is InChI=1S/C16H23N3O4S/c1-3-17-8-10-18(11-9-17)16(20)15-12-19(24(2,21)22)13-6-4-5-7-14(13)23-15/h4-7,15H,3,8-12H2,1-2H3/t15-/m0/s1. The van der Waals surface area contributed by atoms with E-state index in [1.54, 1.807) is 29.2 Å². The minimum Gasteiger partial charge on any atom is -0.476 e. The van der Waals surface area contributed by atoms with Crippen LogP contribution in [0.3, 0.4) is 0 Å². The third-order valence-corrected chi connectivity index (χ3v) is 5.69. The molecule has 24 heavy (non-hydrogen) atoms. The molecular formula is C16H23N3O4S. The van der Waals surface area contributed by atoms with Crippen molar-refractivity contribution >= 4 is 21.6 Å². The van der Waals surface area contributed by atoms with Gasteiger partial charge in [-0.3, -0.25) is 9.10 Å². The fraction of sp³-hybridized carbons (Fsp3) is 0.562. The highest BCUT2D eigenvalue weighted by atomic mass is 32.2. The van der Waals surface area contributed by atoms with E-state index in [-0.39, 0.29) is 12.5 Å². The minimum absolute atomic E-state index is 0.0165. The Labute approximate surface area is 142 Å². The smallest absolute Gasteiger partial charge is 0.265 e. The molecule has 2 aliphatic heterocycles. The number of sulfonamides is 1. The Morgan fingerprint density at radius 3 is 2.50 bits per heavy atom. The number of carbonyl (C=O) groups excluding carboxylic acids is 1. The van der Waals surface area contributed by atoms with Crippen molar-refractivity contribution < 1.29 is 17.9 Å². The van der Waals surface area contributed by atoms with Crippen molar-refractivity contribution in [3.63, 3.8) is 0 Å². The summed E-state index contributed by atoms with van der Waals surface area (Å²) in [5, 5.41) is 0. The zero-order chi connectivity index (χ0) is 17.3. The number of piperazine rings is 1. The number of para-hydroxylation sites is 2. The quantitative estimate of drug-likeness (QED) is 0.786. The lowest BCUT2D eigenvalue weighted by molar-refractivity contribution is -0.140. The molecule has 0 unspecified atom stereocenters. The highest BCUT2D eigenvalue weighted by molar-refractivity contribution is 7.92. The Morgan fingerprint density at radius 2 is 1.88 bits per heavy atom. The molecule has 0 aromatic heterocycles. The predicted octanol–water partition coefficient (Wildman–Crippen LogP) is 0.378. The van der Waals surface area contributed by atoms with E-state index in [9.17, 15) is 13.2 Å². The van der Waals surface area contributed by atoms with Crippen molar-refractivity contribution in [2.45, 2.75) is 13.0 Å². The third-order valence-electron chi connectivity index (χ3n) is 4.54. The summed E-state index contributed by atoms with van der Waals surface area (Å²) in [5.41, 5.74) is 0.486. The van der Waals surface area contributed by atoms with Gasteiger partial charge in [-0.1, -0.05) is 19.1 Å². The number of hydrogen-bond donors (Lipinski definition) is 0. The Hall–Kier alpha value is -1.80. The lowest BCUT2D eigenvalue weighted by Gasteiger charge is -2.39. The van der Waals surface area contributed by atoms with Gasteiger partial charge in [0.05, 0.1) is 18.5 Å². The second-order valence-electron chi connectivity index (χ2n) is 6.13. The van der Waals surface area contributed by atoms with Gasteiger partial charge in [-0.25, -0.2) is 8.42 Å². The molecule has 0 radical (unpaired) electrons. The first-order valence-electron chi connectivity index (χ1n) is 8.14. The molecule has 1 fully saturated rings. The Balaban J connectivity index is 1.79. The van der Waals surface area contributed by atoms with Gasteiger partial charge >= 0.3 is 0 Å². The molecule has 0 saturated carbocycles. The first kappa shape index (κ1) is 17.0. The molecule has 1 atom stereocenters. The van der Waals surface area contributed by atoms with Crippen molar-refractivity contribution in [1.29, 1.82) is 0 Å². The molecule has 3 rings (SSSR count). The van der Waals surface area contributed by atoms with E-state index in [4.69, 9.17) is 4.74 Å². The first-order chi connectivity index (χ1) is 11.4. The molecule has 2 aliphatic rings. The van der Waals surface area contributed by atoms with Crippen LogP contribution in [0, 0.1) is 0 Å². The first-order valence-corrected chi connectivity index (χ1v) is 9.99. The van der Waals surface area contributed by atoms with Crippen molar-refractivity contribution in [3.05, 3.63) is 24.3 Å². The average molecular weight is 353 g/mol. The molecule has 2 heterocycles. The molecule has 0 N–H and O–H groups in total. The van der Waals surface area contributed by atoms with Crippen LogP contribution in [0.15, 0.2) is 24.3 Å². The normalized spacial score (nSPS) is 22.0. The molecule has 0 aliphatic carbocycles. The summed E-state index contributed by atoms with van der Waals surface area (Å²) in [6.45, 7) is 6.05. The van der Waals surface area contributed by atoms with Gasteiger partial charge in [0.15, 0.2) is 6.10 Å². The monoisotopic (exact) mass is 353 g/mol. The zero-order valence-corrected chi connectivity index (χ0v) is 14.8. The lowest BCUT2D eigenvalue weighted by Crippen LogP contribution is -2.56. The molecule has 8 heteroatoms. The van der Waals surface area contributed by atoms with Crippen LogP contribution >= 0.6 is 0 Å². The van der Waals surface area contributed by atoms with Crippen molar-refractivity contribution in [1.82, 2.24) is 9.80 Å². The lowest BCUT2D eigenvalue weighted by atomic mass is 10.2.